The van der Waals surface area contributed by atoms with Crippen molar-refractivity contribution in [3.8, 4) is 0 Å². The number of amides is 1. The van der Waals surface area contributed by atoms with Crippen LogP contribution in [0.3, 0.4) is 0 Å². The molecule has 0 saturated carbocycles. The maximum absolute atomic E-state index is 12.8. The average molecular weight is 252 g/mol. The highest BCUT2D eigenvalue weighted by atomic mass is 19.1. The number of carbonyl (C=O) groups is 1. The van der Waals surface area contributed by atoms with E-state index in [-0.39, 0.29) is 23.8 Å². The number of carbonyl (C=O) groups excluding carboxylic acids is 1. The highest BCUT2D eigenvalue weighted by Gasteiger charge is 2.28. The maximum atomic E-state index is 12.8. The second-order valence-corrected chi connectivity index (χ2v) is 4.63. The van der Waals surface area contributed by atoms with Crippen LogP contribution in [0.1, 0.15) is 24.9 Å². The van der Waals surface area contributed by atoms with E-state index < -0.39 is 6.10 Å². The molecule has 3 N–H and O–H groups in total. The average Bonchev–Trinajstić information content (AvgIpc) is 2.76. The number of benzene rings is 1. The molecule has 0 aromatic heterocycles. The lowest BCUT2D eigenvalue weighted by Crippen LogP contribution is -2.41. The fourth-order valence-corrected chi connectivity index (χ4v) is 2.07. The zero-order chi connectivity index (χ0) is 13.1. The molecule has 1 amide bonds. The standard InChI is InChI=1S/C13H17FN2O2/c1-8(9-2-4-10(14)5-3-9)16-13(18)12-6-11(17)7-15-12/h2-5,8,11-12,15,17H,6-7H2,1H3,(H,16,18). The van der Waals surface area contributed by atoms with Crippen molar-refractivity contribution in [3.05, 3.63) is 35.6 Å². The Morgan fingerprint density at radius 2 is 2.17 bits per heavy atom. The third kappa shape index (κ3) is 3.05. The van der Waals surface area contributed by atoms with Crippen molar-refractivity contribution in [1.82, 2.24) is 10.6 Å². The van der Waals surface area contributed by atoms with Crippen molar-refractivity contribution in [2.75, 3.05) is 6.54 Å². The third-order valence-corrected chi connectivity index (χ3v) is 3.15. The summed E-state index contributed by atoms with van der Waals surface area (Å²) < 4.78 is 12.8. The maximum Gasteiger partial charge on any atom is 0.237 e. The number of hydrogen-bond donors (Lipinski definition) is 3. The lowest BCUT2D eigenvalue weighted by atomic mass is 10.1. The van der Waals surface area contributed by atoms with Gasteiger partial charge in [-0.05, 0) is 31.0 Å². The van der Waals surface area contributed by atoms with E-state index in [4.69, 9.17) is 0 Å². The van der Waals surface area contributed by atoms with Gasteiger partial charge in [0.2, 0.25) is 5.91 Å². The zero-order valence-corrected chi connectivity index (χ0v) is 10.2. The molecule has 18 heavy (non-hydrogen) atoms. The SMILES string of the molecule is CC(NC(=O)C1CC(O)CN1)c1ccc(F)cc1. The number of halogens is 1. The Morgan fingerprint density at radius 1 is 1.50 bits per heavy atom. The van der Waals surface area contributed by atoms with Gasteiger partial charge in [-0.15, -0.1) is 0 Å². The Morgan fingerprint density at radius 3 is 2.72 bits per heavy atom. The van der Waals surface area contributed by atoms with Gasteiger partial charge in [-0.1, -0.05) is 12.1 Å². The summed E-state index contributed by atoms with van der Waals surface area (Å²) in [5.41, 5.74) is 0.850. The van der Waals surface area contributed by atoms with Crippen LogP contribution in [0, 0.1) is 5.82 Å². The molecule has 1 heterocycles. The molecule has 1 saturated heterocycles. The second-order valence-electron chi connectivity index (χ2n) is 4.63. The topological polar surface area (TPSA) is 61.4 Å². The molecule has 1 aromatic carbocycles. The van der Waals surface area contributed by atoms with Gasteiger partial charge in [-0.2, -0.15) is 0 Å². The molecule has 1 aliphatic heterocycles. The van der Waals surface area contributed by atoms with Gasteiger partial charge in [0.25, 0.3) is 0 Å². The van der Waals surface area contributed by atoms with Gasteiger partial charge >= 0.3 is 0 Å². The monoisotopic (exact) mass is 252 g/mol. The first-order chi connectivity index (χ1) is 8.56. The summed E-state index contributed by atoms with van der Waals surface area (Å²) in [6.45, 7) is 2.29. The van der Waals surface area contributed by atoms with Crippen molar-refractivity contribution in [1.29, 1.82) is 0 Å². The summed E-state index contributed by atoms with van der Waals surface area (Å²) in [6.07, 6.45) is -0.0241. The summed E-state index contributed by atoms with van der Waals surface area (Å²) in [5.74, 6) is -0.429. The van der Waals surface area contributed by atoms with Crippen molar-refractivity contribution in [3.63, 3.8) is 0 Å². The minimum Gasteiger partial charge on any atom is -0.392 e. The Balaban J connectivity index is 1.92. The van der Waals surface area contributed by atoms with Gasteiger partial charge in [-0.25, -0.2) is 4.39 Å². The minimum atomic E-state index is -0.457. The first kappa shape index (κ1) is 13.0. The van der Waals surface area contributed by atoms with E-state index >= 15 is 0 Å². The van der Waals surface area contributed by atoms with Gasteiger partial charge in [0.15, 0.2) is 0 Å². The fraction of sp³-hybridized carbons (Fsp3) is 0.462. The predicted octanol–water partition coefficient (Wildman–Crippen LogP) is 0.726. The number of hydrogen-bond acceptors (Lipinski definition) is 3. The summed E-state index contributed by atoms with van der Waals surface area (Å²) >= 11 is 0. The third-order valence-electron chi connectivity index (χ3n) is 3.15. The van der Waals surface area contributed by atoms with Crippen LogP contribution in [0.15, 0.2) is 24.3 Å². The summed E-state index contributed by atoms with van der Waals surface area (Å²) in [4.78, 5) is 11.9. The van der Waals surface area contributed by atoms with E-state index in [1.165, 1.54) is 12.1 Å². The molecule has 0 radical (unpaired) electrons. The first-order valence-electron chi connectivity index (χ1n) is 6.03. The van der Waals surface area contributed by atoms with Crippen LogP contribution < -0.4 is 10.6 Å². The fourth-order valence-electron chi connectivity index (χ4n) is 2.07. The van der Waals surface area contributed by atoms with Crippen LogP contribution in [-0.2, 0) is 4.79 Å². The van der Waals surface area contributed by atoms with Crippen molar-refractivity contribution in [2.45, 2.75) is 31.5 Å². The van der Waals surface area contributed by atoms with E-state index in [1.54, 1.807) is 12.1 Å². The van der Waals surface area contributed by atoms with Crippen molar-refractivity contribution >= 4 is 5.91 Å². The van der Waals surface area contributed by atoms with E-state index in [2.05, 4.69) is 10.6 Å². The Hall–Kier alpha value is -1.46. The Bertz CT molecular complexity index is 422. The molecule has 4 nitrogen and oxygen atoms in total. The zero-order valence-electron chi connectivity index (χ0n) is 10.2. The predicted molar refractivity (Wildman–Crippen MR) is 65.4 cm³/mol. The quantitative estimate of drug-likeness (QED) is 0.743. The summed E-state index contributed by atoms with van der Waals surface area (Å²) in [7, 11) is 0. The first-order valence-corrected chi connectivity index (χ1v) is 6.03. The van der Waals surface area contributed by atoms with Crippen LogP contribution in [-0.4, -0.2) is 29.7 Å². The molecule has 98 valence electrons. The molecule has 1 aromatic rings. The van der Waals surface area contributed by atoms with Crippen LogP contribution >= 0.6 is 0 Å². The highest BCUT2D eigenvalue weighted by molar-refractivity contribution is 5.82. The normalized spacial score (nSPS) is 24.8. The second kappa shape index (κ2) is 5.46. The van der Waals surface area contributed by atoms with Crippen molar-refractivity contribution < 1.29 is 14.3 Å². The molecule has 0 bridgehead atoms. The van der Waals surface area contributed by atoms with Gasteiger partial charge in [-0.3, -0.25) is 4.79 Å². The molecule has 0 aliphatic carbocycles. The molecule has 1 aliphatic rings. The Kier molecular flexibility index (Phi) is 3.93. The number of β-amino-alcohol motifs (C(OH)–C–C–N with tert-alkyl or cyclic N) is 1. The van der Waals surface area contributed by atoms with Crippen LogP contribution in [0.4, 0.5) is 4.39 Å². The molecule has 5 heteroatoms. The molecule has 0 spiro atoms. The van der Waals surface area contributed by atoms with Gasteiger partial charge in [0, 0.05) is 6.54 Å². The van der Waals surface area contributed by atoms with E-state index in [0.717, 1.165) is 5.56 Å². The highest BCUT2D eigenvalue weighted by Crippen LogP contribution is 2.14. The van der Waals surface area contributed by atoms with Crippen LogP contribution in [0.25, 0.3) is 0 Å². The smallest absolute Gasteiger partial charge is 0.237 e. The Labute approximate surface area is 105 Å². The number of aliphatic hydroxyl groups excluding tert-OH is 1. The van der Waals surface area contributed by atoms with E-state index in [1.807, 2.05) is 6.92 Å². The van der Waals surface area contributed by atoms with Crippen molar-refractivity contribution in [2.24, 2.45) is 0 Å². The number of rotatable bonds is 3. The number of nitrogens with one attached hydrogen (secondary N) is 2. The van der Waals surface area contributed by atoms with Crippen LogP contribution in [0.2, 0.25) is 0 Å². The molecular formula is C13H17FN2O2. The minimum absolute atomic E-state index is 0.136. The van der Waals surface area contributed by atoms with E-state index in [9.17, 15) is 14.3 Å². The van der Waals surface area contributed by atoms with Gasteiger partial charge < -0.3 is 15.7 Å². The molecule has 1 fully saturated rings. The molecule has 3 atom stereocenters. The lowest BCUT2D eigenvalue weighted by molar-refractivity contribution is -0.123. The van der Waals surface area contributed by atoms with Gasteiger partial charge in [0.05, 0.1) is 18.2 Å². The van der Waals surface area contributed by atoms with Gasteiger partial charge in [0.1, 0.15) is 5.82 Å². The summed E-state index contributed by atoms with van der Waals surface area (Å²) in [6, 6.07) is 5.51. The lowest BCUT2D eigenvalue weighted by Gasteiger charge is -2.17. The summed E-state index contributed by atoms with van der Waals surface area (Å²) in [5, 5.41) is 15.1. The number of aliphatic hydroxyl groups is 1. The van der Waals surface area contributed by atoms with Crippen LogP contribution in [0.5, 0.6) is 0 Å². The molecular weight excluding hydrogens is 235 g/mol. The van der Waals surface area contributed by atoms with E-state index in [0.29, 0.717) is 13.0 Å². The largest absolute Gasteiger partial charge is 0.392 e. The molecule has 2 rings (SSSR count). The molecule has 3 unspecified atom stereocenters.